The van der Waals surface area contributed by atoms with Crippen LogP contribution in [0.5, 0.6) is 0 Å². The molecule has 32 heavy (non-hydrogen) atoms. The molecule has 1 aliphatic heterocycles. The van der Waals surface area contributed by atoms with Crippen LogP contribution in [0.4, 0.5) is 4.79 Å². The molecule has 1 aliphatic rings. The smallest absolute Gasteiger partial charge is 0.416 e. The highest BCUT2D eigenvalue weighted by molar-refractivity contribution is 5.94. The third kappa shape index (κ3) is 8.69. The van der Waals surface area contributed by atoms with E-state index in [0.29, 0.717) is 19.3 Å². The lowest BCUT2D eigenvalue weighted by atomic mass is 9.97. The fourth-order valence-electron chi connectivity index (χ4n) is 3.75. The van der Waals surface area contributed by atoms with Gasteiger partial charge >= 0.3 is 12.1 Å². The van der Waals surface area contributed by atoms with Crippen LogP contribution in [0.15, 0.2) is 55.6 Å². The topological polar surface area (TPSA) is 83.9 Å². The van der Waals surface area contributed by atoms with Crippen molar-refractivity contribution in [2.24, 2.45) is 11.8 Å². The Morgan fingerprint density at radius 1 is 1.09 bits per heavy atom. The van der Waals surface area contributed by atoms with Gasteiger partial charge in [0.25, 0.3) is 0 Å². The molecule has 2 rings (SSSR count). The van der Waals surface area contributed by atoms with Crippen LogP contribution in [-0.4, -0.2) is 40.6 Å². The first-order valence-corrected chi connectivity index (χ1v) is 11.4. The average molecular weight is 444 g/mol. The summed E-state index contributed by atoms with van der Waals surface area (Å²) in [5.41, 5.74) is 1.10. The molecule has 1 fully saturated rings. The number of amides is 2. The number of nitrogens with zero attached hydrogens (tertiary/aromatic N) is 1. The molecule has 0 unspecified atom stereocenters. The number of cyclic esters (lactones) is 1. The van der Waals surface area contributed by atoms with E-state index in [1.807, 2.05) is 44.2 Å². The Morgan fingerprint density at radius 2 is 1.66 bits per heavy atom. The average Bonchev–Trinajstić information content (AvgIpc) is 3.14. The van der Waals surface area contributed by atoms with Gasteiger partial charge in [-0.1, -0.05) is 69.2 Å². The Balaban J connectivity index is 0.000000433. The van der Waals surface area contributed by atoms with Crippen molar-refractivity contribution in [1.29, 1.82) is 0 Å². The first-order valence-electron chi connectivity index (χ1n) is 11.4. The van der Waals surface area contributed by atoms with E-state index < -0.39 is 12.1 Å². The molecule has 1 heterocycles. The number of benzene rings is 1. The van der Waals surface area contributed by atoms with Gasteiger partial charge in [-0.3, -0.25) is 9.59 Å². The molecule has 0 radical (unpaired) electrons. The predicted molar refractivity (Wildman–Crippen MR) is 126 cm³/mol. The molecule has 1 aromatic rings. The summed E-state index contributed by atoms with van der Waals surface area (Å²) >= 11 is 0. The maximum atomic E-state index is 12.7. The number of rotatable bonds is 12. The van der Waals surface area contributed by atoms with Crippen molar-refractivity contribution in [3.05, 3.63) is 61.2 Å². The molecule has 176 valence electrons. The van der Waals surface area contributed by atoms with Crippen molar-refractivity contribution < 1.29 is 24.2 Å². The van der Waals surface area contributed by atoms with Crippen LogP contribution < -0.4 is 0 Å². The van der Waals surface area contributed by atoms with Crippen molar-refractivity contribution >= 4 is 18.0 Å². The van der Waals surface area contributed by atoms with E-state index in [4.69, 9.17) is 9.84 Å². The van der Waals surface area contributed by atoms with Crippen LogP contribution in [0.1, 0.15) is 57.9 Å². The number of hydrogen-bond donors (Lipinski definition) is 1. The van der Waals surface area contributed by atoms with Gasteiger partial charge in [0.05, 0.1) is 12.0 Å². The molecule has 1 aromatic carbocycles. The second-order valence-electron chi connectivity index (χ2n) is 7.99. The third-order valence-corrected chi connectivity index (χ3v) is 5.39. The molecule has 6 heteroatoms. The molecule has 0 spiro atoms. The minimum Gasteiger partial charge on any atom is -0.481 e. The zero-order chi connectivity index (χ0) is 23.9. The Bertz CT molecular complexity index is 746. The molecule has 2 amide bonds. The Hall–Kier alpha value is -2.89. The number of carboxylic acids is 1. The predicted octanol–water partition coefficient (Wildman–Crippen LogP) is 5.63. The minimum atomic E-state index is -0.707. The lowest BCUT2D eigenvalue weighted by Crippen LogP contribution is -2.43. The molecule has 0 aromatic heterocycles. The molecule has 0 saturated carbocycles. The van der Waals surface area contributed by atoms with Crippen molar-refractivity contribution in [2.45, 2.75) is 64.8 Å². The van der Waals surface area contributed by atoms with Gasteiger partial charge < -0.3 is 9.84 Å². The van der Waals surface area contributed by atoms with Crippen molar-refractivity contribution in [1.82, 2.24) is 4.90 Å². The number of allylic oxidation sites excluding steroid dienone is 2. The van der Waals surface area contributed by atoms with Gasteiger partial charge in [-0.15, -0.1) is 13.2 Å². The van der Waals surface area contributed by atoms with E-state index in [0.717, 1.165) is 31.2 Å². The molecule has 6 nitrogen and oxygen atoms in total. The maximum absolute atomic E-state index is 12.7. The Kier molecular flexibility index (Phi) is 12.7. The van der Waals surface area contributed by atoms with Crippen LogP contribution in [0.25, 0.3) is 0 Å². The zero-order valence-electron chi connectivity index (χ0n) is 19.4. The molecular formula is C26H37NO5. The number of carbonyl (C=O) groups is 3. The highest BCUT2D eigenvalue weighted by Gasteiger charge is 2.40. The first-order chi connectivity index (χ1) is 15.4. The lowest BCUT2D eigenvalue weighted by Gasteiger charge is -2.24. The molecule has 0 bridgehead atoms. The SMILES string of the molecule is C=CC[C@@H](CCC)C(=O)N1C(=O)OC[C@@H]1Cc1ccccc1.C=CC[C@@H](CCC)C(=O)O. The van der Waals surface area contributed by atoms with E-state index in [2.05, 4.69) is 13.2 Å². The van der Waals surface area contributed by atoms with E-state index in [1.54, 1.807) is 12.2 Å². The summed E-state index contributed by atoms with van der Waals surface area (Å²) in [7, 11) is 0. The molecule has 3 atom stereocenters. The quantitative estimate of drug-likeness (QED) is 0.423. The van der Waals surface area contributed by atoms with E-state index in [1.165, 1.54) is 4.90 Å². The van der Waals surface area contributed by atoms with E-state index in [-0.39, 0.29) is 30.4 Å². The number of hydrogen-bond acceptors (Lipinski definition) is 4. The minimum absolute atomic E-state index is 0.134. The second-order valence-corrected chi connectivity index (χ2v) is 7.99. The largest absolute Gasteiger partial charge is 0.481 e. The highest BCUT2D eigenvalue weighted by Crippen LogP contribution is 2.23. The lowest BCUT2D eigenvalue weighted by molar-refractivity contribution is -0.141. The highest BCUT2D eigenvalue weighted by atomic mass is 16.6. The molecule has 1 saturated heterocycles. The maximum Gasteiger partial charge on any atom is 0.416 e. The van der Waals surface area contributed by atoms with Crippen LogP contribution >= 0.6 is 0 Å². The number of ether oxygens (including phenoxy) is 1. The van der Waals surface area contributed by atoms with Crippen molar-refractivity contribution in [3.8, 4) is 0 Å². The van der Waals surface area contributed by atoms with Crippen molar-refractivity contribution in [2.75, 3.05) is 6.61 Å². The fraction of sp³-hybridized carbons (Fsp3) is 0.500. The Morgan fingerprint density at radius 3 is 2.19 bits per heavy atom. The second kappa shape index (κ2) is 15.0. The normalized spacial score (nSPS) is 16.9. The number of carbonyl (C=O) groups excluding carboxylic acids is 2. The molecule has 0 aliphatic carbocycles. The summed E-state index contributed by atoms with van der Waals surface area (Å²) in [4.78, 5) is 36.4. The van der Waals surface area contributed by atoms with Crippen LogP contribution in [0.2, 0.25) is 0 Å². The van der Waals surface area contributed by atoms with Gasteiger partial charge in [-0.2, -0.15) is 0 Å². The molecular weight excluding hydrogens is 406 g/mol. The van der Waals surface area contributed by atoms with Gasteiger partial charge in [0, 0.05) is 5.92 Å². The summed E-state index contributed by atoms with van der Waals surface area (Å²) in [5.74, 6) is -1.25. The van der Waals surface area contributed by atoms with Crippen LogP contribution in [-0.2, 0) is 20.7 Å². The van der Waals surface area contributed by atoms with Gasteiger partial charge in [-0.05, 0) is 37.7 Å². The van der Waals surface area contributed by atoms with Crippen LogP contribution in [0, 0.1) is 11.8 Å². The van der Waals surface area contributed by atoms with Gasteiger partial charge in [0.2, 0.25) is 5.91 Å². The summed E-state index contributed by atoms with van der Waals surface area (Å²) in [6.45, 7) is 11.5. The summed E-state index contributed by atoms with van der Waals surface area (Å²) in [6, 6.07) is 9.64. The number of carboxylic acid groups (broad SMARTS) is 1. The fourth-order valence-corrected chi connectivity index (χ4v) is 3.75. The summed E-state index contributed by atoms with van der Waals surface area (Å²) in [6.07, 6.45) is 8.02. The van der Waals surface area contributed by atoms with Crippen molar-refractivity contribution in [3.63, 3.8) is 0 Å². The third-order valence-electron chi connectivity index (χ3n) is 5.39. The number of imide groups is 1. The summed E-state index contributed by atoms with van der Waals surface area (Å²) in [5, 5.41) is 8.59. The molecule has 1 N–H and O–H groups in total. The first kappa shape index (κ1) is 27.1. The number of aliphatic carboxylic acids is 1. The van der Waals surface area contributed by atoms with E-state index >= 15 is 0 Å². The van der Waals surface area contributed by atoms with E-state index in [9.17, 15) is 14.4 Å². The van der Waals surface area contributed by atoms with Gasteiger partial charge in [0.15, 0.2) is 0 Å². The Labute approximate surface area is 192 Å². The monoisotopic (exact) mass is 443 g/mol. The van der Waals surface area contributed by atoms with Gasteiger partial charge in [-0.25, -0.2) is 9.69 Å². The zero-order valence-corrected chi connectivity index (χ0v) is 19.4. The van der Waals surface area contributed by atoms with Gasteiger partial charge in [0.1, 0.15) is 6.61 Å². The van der Waals surface area contributed by atoms with Crippen LogP contribution in [0.3, 0.4) is 0 Å². The summed E-state index contributed by atoms with van der Waals surface area (Å²) < 4.78 is 5.12. The standard InChI is InChI=1S/C18H23NO3.C8H14O2/c1-3-8-15(9-4-2)17(20)19-16(13-22-18(19)21)12-14-10-6-5-7-11-14;1-3-5-7(6-4-2)8(9)10/h3,5-7,10-11,15-16H,1,4,8-9,12-13H2,2H3;3,7H,1,4-6H2,2H3,(H,9,10)/t15-,16-;7-/m00/s1.